The molecule has 3 heteroatoms. The first kappa shape index (κ1) is 8.53. The fourth-order valence-electron chi connectivity index (χ4n) is 1.07. The van der Waals surface area contributed by atoms with Crippen LogP contribution in [-0.2, 0) is 14.3 Å². The van der Waals surface area contributed by atoms with E-state index < -0.39 is 0 Å². The predicted molar refractivity (Wildman–Crippen MR) is 40.2 cm³/mol. The van der Waals surface area contributed by atoms with Crippen molar-refractivity contribution in [3.8, 4) is 0 Å². The molecule has 0 saturated carbocycles. The van der Waals surface area contributed by atoms with E-state index in [0.29, 0.717) is 13.0 Å². The molecule has 1 heterocycles. The number of rotatable bonds is 1. The molecule has 1 atom stereocenters. The molecule has 1 rings (SSSR count). The average molecular weight is 158 g/mol. The van der Waals surface area contributed by atoms with E-state index in [1.165, 1.54) is 0 Å². The number of carbonyl (C=O) groups is 1. The highest BCUT2D eigenvalue weighted by atomic mass is 16.6. The Morgan fingerprint density at radius 2 is 2.18 bits per heavy atom. The minimum absolute atomic E-state index is 0.0394. The molecule has 11 heavy (non-hydrogen) atoms. The smallest absolute Gasteiger partial charge is 0.308 e. The van der Waals surface area contributed by atoms with Crippen molar-refractivity contribution in [2.45, 2.75) is 38.9 Å². The van der Waals surface area contributed by atoms with Gasteiger partial charge in [0.05, 0.1) is 12.0 Å². The fraction of sp³-hybridized carbons (Fsp3) is 0.875. The second-order valence-corrected chi connectivity index (χ2v) is 3.74. The molecule has 1 aliphatic heterocycles. The zero-order valence-corrected chi connectivity index (χ0v) is 7.22. The Kier molecular flexibility index (Phi) is 2.18. The summed E-state index contributed by atoms with van der Waals surface area (Å²) < 4.78 is 10.3. The molecule has 0 radical (unpaired) electrons. The molecule has 1 unspecified atom stereocenters. The van der Waals surface area contributed by atoms with Gasteiger partial charge in [0.2, 0.25) is 0 Å². The van der Waals surface area contributed by atoms with Crippen LogP contribution in [-0.4, -0.2) is 24.3 Å². The van der Waals surface area contributed by atoms with Gasteiger partial charge in [0.15, 0.2) is 0 Å². The quantitative estimate of drug-likeness (QED) is 0.536. The average Bonchev–Trinajstić information content (AvgIpc) is 2.10. The number of esters is 1. The van der Waals surface area contributed by atoms with E-state index in [4.69, 9.17) is 9.47 Å². The molecule has 3 nitrogen and oxygen atoms in total. The lowest BCUT2D eigenvalue weighted by molar-refractivity contribution is -0.137. The standard InChI is InChI=1S/C8H14O3/c1-8(2,3)11-6-4-7(9)10-5-6/h6H,4-5H2,1-3H3. The van der Waals surface area contributed by atoms with Gasteiger partial charge in [0.1, 0.15) is 12.7 Å². The van der Waals surface area contributed by atoms with Crippen LogP contribution in [0.4, 0.5) is 0 Å². The van der Waals surface area contributed by atoms with Gasteiger partial charge >= 0.3 is 5.97 Å². The minimum atomic E-state index is -0.182. The molecule has 0 aromatic heterocycles. The van der Waals surface area contributed by atoms with Crippen molar-refractivity contribution in [3.63, 3.8) is 0 Å². The topological polar surface area (TPSA) is 35.5 Å². The number of carbonyl (C=O) groups excluding carboxylic acids is 1. The van der Waals surface area contributed by atoms with E-state index in [0.717, 1.165) is 0 Å². The second kappa shape index (κ2) is 2.81. The van der Waals surface area contributed by atoms with Crippen molar-refractivity contribution in [3.05, 3.63) is 0 Å². The van der Waals surface area contributed by atoms with Gasteiger partial charge in [-0.25, -0.2) is 0 Å². The second-order valence-electron chi connectivity index (χ2n) is 3.74. The Morgan fingerprint density at radius 3 is 2.55 bits per heavy atom. The fourth-order valence-corrected chi connectivity index (χ4v) is 1.07. The first-order chi connectivity index (χ1) is 4.97. The van der Waals surface area contributed by atoms with Gasteiger partial charge in [0.25, 0.3) is 0 Å². The molecule has 1 saturated heterocycles. The van der Waals surface area contributed by atoms with Gasteiger partial charge in [-0.1, -0.05) is 0 Å². The molecule has 0 N–H and O–H groups in total. The number of hydrogen-bond donors (Lipinski definition) is 0. The molecule has 0 amide bonds. The van der Waals surface area contributed by atoms with Crippen LogP contribution in [0.1, 0.15) is 27.2 Å². The first-order valence-electron chi connectivity index (χ1n) is 3.81. The van der Waals surface area contributed by atoms with Gasteiger partial charge in [-0.2, -0.15) is 0 Å². The number of cyclic esters (lactones) is 1. The molecule has 0 aromatic carbocycles. The Bertz CT molecular complexity index is 157. The molecule has 0 bridgehead atoms. The summed E-state index contributed by atoms with van der Waals surface area (Å²) >= 11 is 0. The third kappa shape index (κ3) is 2.89. The van der Waals surface area contributed by atoms with E-state index in [1.807, 2.05) is 20.8 Å². The van der Waals surface area contributed by atoms with Crippen molar-refractivity contribution in [2.24, 2.45) is 0 Å². The molecule has 0 aromatic rings. The zero-order valence-electron chi connectivity index (χ0n) is 7.22. The lowest BCUT2D eigenvalue weighted by atomic mass is 10.2. The van der Waals surface area contributed by atoms with Crippen LogP contribution in [0.15, 0.2) is 0 Å². The normalized spacial score (nSPS) is 25.4. The molecule has 64 valence electrons. The van der Waals surface area contributed by atoms with E-state index >= 15 is 0 Å². The number of ether oxygens (including phenoxy) is 2. The molecule has 0 spiro atoms. The van der Waals surface area contributed by atoms with Crippen molar-refractivity contribution in [1.82, 2.24) is 0 Å². The molecule has 0 aliphatic carbocycles. The van der Waals surface area contributed by atoms with Crippen molar-refractivity contribution >= 4 is 5.97 Å². The maximum absolute atomic E-state index is 10.6. The summed E-state index contributed by atoms with van der Waals surface area (Å²) in [5.74, 6) is -0.153. The Morgan fingerprint density at radius 1 is 1.55 bits per heavy atom. The summed E-state index contributed by atoms with van der Waals surface area (Å²) in [6.07, 6.45) is 0.361. The van der Waals surface area contributed by atoms with Gasteiger partial charge in [0, 0.05) is 0 Å². The monoisotopic (exact) mass is 158 g/mol. The summed E-state index contributed by atoms with van der Waals surface area (Å²) in [6, 6.07) is 0. The SMILES string of the molecule is CC(C)(C)OC1COC(=O)C1. The summed E-state index contributed by atoms with van der Waals surface area (Å²) in [7, 11) is 0. The van der Waals surface area contributed by atoms with E-state index in [1.54, 1.807) is 0 Å². The van der Waals surface area contributed by atoms with Gasteiger partial charge in [-0.3, -0.25) is 4.79 Å². The van der Waals surface area contributed by atoms with Crippen LogP contribution in [0.3, 0.4) is 0 Å². The third-order valence-electron chi connectivity index (χ3n) is 1.34. The van der Waals surface area contributed by atoms with Crippen molar-refractivity contribution in [1.29, 1.82) is 0 Å². The molecular formula is C8H14O3. The summed E-state index contributed by atoms with van der Waals surface area (Å²) in [5.41, 5.74) is -0.182. The maximum atomic E-state index is 10.6. The number of hydrogen-bond acceptors (Lipinski definition) is 3. The highest BCUT2D eigenvalue weighted by Gasteiger charge is 2.28. The van der Waals surface area contributed by atoms with Gasteiger partial charge in [-0.05, 0) is 20.8 Å². The summed E-state index contributed by atoms with van der Waals surface area (Å²) in [5, 5.41) is 0. The zero-order chi connectivity index (χ0) is 8.48. The minimum Gasteiger partial charge on any atom is -0.463 e. The predicted octanol–water partition coefficient (Wildman–Crippen LogP) is 1.12. The molecular weight excluding hydrogens is 144 g/mol. The van der Waals surface area contributed by atoms with E-state index in [2.05, 4.69) is 0 Å². The van der Waals surface area contributed by atoms with Gasteiger partial charge in [-0.15, -0.1) is 0 Å². The van der Waals surface area contributed by atoms with Crippen LogP contribution < -0.4 is 0 Å². The van der Waals surface area contributed by atoms with Crippen LogP contribution in [0.25, 0.3) is 0 Å². The first-order valence-corrected chi connectivity index (χ1v) is 3.81. The Hall–Kier alpha value is -0.570. The van der Waals surface area contributed by atoms with E-state index in [9.17, 15) is 4.79 Å². The van der Waals surface area contributed by atoms with Crippen molar-refractivity contribution < 1.29 is 14.3 Å². The largest absolute Gasteiger partial charge is 0.463 e. The highest BCUT2D eigenvalue weighted by molar-refractivity contribution is 5.71. The molecule has 1 aliphatic rings. The van der Waals surface area contributed by atoms with E-state index in [-0.39, 0.29) is 17.7 Å². The van der Waals surface area contributed by atoms with Crippen molar-refractivity contribution in [2.75, 3.05) is 6.61 Å². The summed E-state index contributed by atoms with van der Waals surface area (Å²) in [4.78, 5) is 10.6. The third-order valence-corrected chi connectivity index (χ3v) is 1.34. The highest BCUT2D eigenvalue weighted by Crippen LogP contribution is 2.17. The van der Waals surface area contributed by atoms with Gasteiger partial charge < -0.3 is 9.47 Å². The van der Waals surface area contributed by atoms with Crippen LogP contribution in [0.5, 0.6) is 0 Å². The maximum Gasteiger partial charge on any atom is 0.308 e. The van der Waals surface area contributed by atoms with Crippen LogP contribution in [0.2, 0.25) is 0 Å². The lowest BCUT2D eigenvalue weighted by Crippen LogP contribution is -2.27. The van der Waals surface area contributed by atoms with Crippen LogP contribution >= 0.6 is 0 Å². The Balaban J connectivity index is 2.34. The summed E-state index contributed by atoms with van der Waals surface area (Å²) in [6.45, 7) is 6.32. The lowest BCUT2D eigenvalue weighted by Gasteiger charge is -2.22. The Labute approximate surface area is 66.7 Å². The molecule has 1 fully saturated rings. The van der Waals surface area contributed by atoms with Crippen LogP contribution in [0, 0.1) is 0 Å².